The molecule has 0 radical (unpaired) electrons. The van der Waals surface area contributed by atoms with E-state index < -0.39 is 6.10 Å². The second-order valence-corrected chi connectivity index (χ2v) is 2.96. The molecule has 5 nitrogen and oxygen atoms in total. The minimum atomic E-state index is -0.885. The van der Waals surface area contributed by atoms with E-state index in [-0.39, 0.29) is 17.9 Å². The fourth-order valence-corrected chi connectivity index (χ4v) is 1.33. The zero-order valence-electron chi connectivity index (χ0n) is 7.34. The molecule has 0 aliphatic rings. The molecule has 0 saturated heterocycles. The highest BCUT2D eigenvalue weighted by atomic mass is 16.4. The van der Waals surface area contributed by atoms with Crippen molar-refractivity contribution in [3.63, 3.8) is 0 Å². The maximum atomic E-state index is 9.69. The maximum absolute atomic E-state index is 9.69. The predicted octanol–water partition coefficient (Wildman–Crippen LogP) is 0.525. The van der Waals surface area contributed by atoms with Crippen LogP contribution in [0.15, 0.2) is 22.9 Å². The van der Waals surface area contributed by atoms with Crippen LogP contribution in [0.4, 0.5) is 0 Å². The predicted molar refractivity (Wildman–Crippen MR) is 49.7 cm³/mol. The number of nitrogens with zero attached hydrogens (tertiary/aromatic N) is 1. The minimum absolute atomic E-state index is 0.0488. The van der Waals surface area contributed by atoms with Gasteiger partial charge in [0.15, 0.2) is 17.7 Å². The molecule has 0 fully saturated rings. The van der Waals surface area contributed by atoms with Gasteiger partial charge in [0.1, 0.15) is 5.52 Å². The highest BCUT2D eigenvalue weighted by Crippen LogP contribution is 2.31. The van der Waals surface area contributed by atoms with Crippen LogP contribution in [0.2, 0.25) is 0 Å². The topological polar surface area (TPSA) is 92.5 Å². The molecule has 5 heteroatoms. The third-order valence-corrected chi connectivity index (χ3v) is 2.09. The first-order valence-corrected chi connectivity index (χ1v) is 4.17. The molecule has 0 aliphatic heterocycles. The number of oxazole rings is 1. The molecule has 0 aliphatic carbocycles. The van der Waals surface area contributed by atoms with Crippen molar-refractivity contribution in [3.05, 3.63) is 24.1 Å². The number of rotatable bonds is 2. The Balaban J connectivity index is 2.61. The second kappa shape index (κ2) is 3.28. The zero-order valence-corrected chi connectivity index (χ0v) is 7.34. The lowest BCUT2D eigenvalue weighted by Gasteiger charge is -2.09. The van der Waals surface area contributed by atoms with E-state index in [2.05, 4.69) is 4.98 Å². The van der Waals surface area contributed by atoms with Crippen molar-refractivity contribution in [1.29, 1.82) is 0 Å². The van der Waals surface area contributed by atoms with E-state index in [9.17, 15) is 10.2 Å². The van der Waals surface area contributed by atoms with Crippen molar-refractivity contribution in [3.8, 4) is 5.75 Å². The maximum Gasteiger partial charge on any atom is 0.196 e. The monoisotopic (exact) mass is 194 g/mol. The number of aliphatic hydroxyl groups is 1. The van der Waals surface area contributed by atoms with Gasteiger partial charge in [-0.3, -0.25) is 0 Å². The number of nitrogens with two attached hydrogens (primary N) is 1. The van der Waals surface area contributed by atoms with Crippen molar-refractivity contribution in [1.82, 2.24) is 4.98 Å². The van der Waals surface area contributed by atoms with Gasteiger partial charge in [-0.1, -0.05) is 6.07 Å². The van der Waals surface area contributed by atoms with Gasteiger partial charge in [-0.25, -0.2) is 4.98 Å². The molecule has 14 heavy (non-hydrogen) atoms. The number of hydrogen-bond donors (Lipinski definition) is 3. The van der Waals surface area contributed by atoms with Crippen LogP contribution in [0.1, 0.15) is 11.7 Å². The van der Waals surface area contributed by atoms with Gasteiger partial charge in [-0.15, -0.1) is 0 Å². The largest absolute Gasteiger partial charge is 0.504 e. The Bertz CT molecular complexity index is 452. The number of phenolic OH excluding ortho intramolecular Hbond substituents is 1. The van der Waals surface area contributed by atoms with Crippen LogP contribution in [0.3, 0.4) is 0 Å². The van der Waals surface area contributed by atoms with Gasteiger partial charge in [0.05, 0.1) is 6.10 Å². The molecular weight excluding hydrogens is 184 g/mol. The highest BCUT2D eigenvalue weighted by molar-refractivity contribution is 5.80. The summed E-state index contributed by atoms with van der Waals surface area (Å²) in [4.78, 5) is 3.87. The van der Waals surface area contributed by atoms with Crippen molar-refractivity contribution >= 4 is 11.1 Å². The molecule has 2 aromatic rings. The van der Waals surface area contributed by atoms with Gasteiger partial charge >= 0.3 is 0 Å². The summed E-state index contributed by atoms with van der Waals surface area (Å²) in [6.45, 7) is 0.0488. The minimum Gasteiger partial charge on any atom is -0.504 e. The van der Waals surface area contributed by atoms with E-state index in [0.29, 0.717) is 11.1 Å². The average molecular weight is 194 g/mol. The fraction of sp³-hybridized carbons (Fsp3) is 0.222. The molecule has 1 atom stereocenters. The van der Waals surface area contributed by atoms with Crippen LogP contribution >= 0.6 is 0 Å². The van der Waals surface area contributed by atoms with Crippen LogP contribution < -0.4 is 5.73 Å². The molecule has 0 amide bonds. The molecule has 4 N–H and O–H groups in total. The van der Waals surface area contributed by atoms with E-state index in [1.54, 1.807) is 12.1 Å². The van der Waals surface area contributed by atoms with Crippen LogP contribution in [-0.4, -0.2) is 21.7 Å². The van der Waals surface area contributed by atoms with E-state index in [0.717, 1.165) is 0 Å². The normalized spacial score (nSPS) is 13.3. The van der Waals surface area contributed by atoms with E-state index in [4.69, 9.17) is 10.2 Å². The lowest BCUT2D eigenvalue weighted by molar-refractivity contribution is 0.183. The SMILES string of the molecule is NCC(O)c1ccc2ncoc2c1O. The lowest BCUT2D eigenvalue weighted by atomic mass is 10.1. The summed E-state index contributed by atoms with van der Waals surface area (Å²) in [6.07, 6.45) is 0.354. The third-order valence-electron chi connectivity index (χ3n) is 2.09. The molecule has 1 aromatic carbocycles. The third kappa shape index (κ3) is 1.23. The number of phenols is 1. The molecule has 0 saturated carbocycles. The number of benzene rings is 1. The van der Waals surface area contributed by atoms with Crippen LogP contribution in [0.5, 0.6) is 5.75 Å². The lowest BCUT2D eigenvalue weighted by Crippen LogP contribution is -2.11. The van der Waals surface area contributed by atoms with Gasteiger partial charge in [0, 0.05) is 12.1 Å². The van der Waals surface area contributed by atoms with Crippen molar-refractivity contribution in [2.24, 2.45) is 5.73 Å². The number of fused-ring (bicyclic) bond motifs is 1. The first-order valence-electron chi connectivity index (χ1n) is 4.17. The summed E-state index contributed by atoms with van der Waals surface area (Å²) in [6, 6.07) is 3.24. The summed E-state index contributed by atoms with van der Waals surface area (Å²) in [5.74, 6) is -0.0991. The van der Waals surface area contributed by atoms with Gasteiger partial charge in [0.25, 0.3) is 0 Å². The Kier molecular flexibility index (Phi) is 2.11. The highest BCUT2D eigenvalue weighted by Gasteiger charge is 2.15. The second-order valence-electron chi connectivity index (χ2n) is 2.96. The van der Waals surface area contributed by atoms with E-state index in [1.165, 1.54) is 6.39 Å². The van der Waals surface area contributed by atoms with Crippen molar-refractivity contribution in [2.45, 2.75) is 6.10 Å². The molecule has 74 valence electrons. The fourth-order valence-electron chi connectivity index (χ4n) is 1.33. The Hall–Kier alpha value is -1.59. The van der Waals surface area contributed by atoms with Gasteiger partial charge in [-0.2, -0.15) is 0 Å². The van der Waals surface area contributed by atoms with Crippen LogP contribution in [0.25, 0.3) is 11.1 Å². The zero-order chi connectivity index (χ0) is 10.1. The summed E-state index contributed by atoms with van der Waals surface area (Å²) < 4.78 is 4.97. The van der Waals surface area contributed by atoms with E-state index >= 15 is 0 Å². The first-order chi connectivity index (χ1) is 6.74. The Morgan fingerprint density at radius 1 is 1.50 bits per heavy atom. The molecular formula is C9H10N2O3. The summed E-state index contributed by atoms with van der Waals surface area (Å²) >= 11 is 0. The summed E-state index contributed by atoms with van der Waals surface area (Å²) in [5.41, 5.74) is 6.47. The molecule has 1 unspecified atom stereocenters. The quantitative estimate of drug-likeness (QED) is 0.648. The molecule has 0 bridgehead atoms. The Labute approximate surface area is 79.8 Å². The summed E-state index contributed by atoms with van der Waals surface area (Å²) in [7, 11) is 0. The Morgan fingerprint density at radius 2 is 2.29 bits per heavy atom. The van der Waals surface area contributed by atoms with E-state index in [1.807, 2.05) is 0 Å². The molecule has 2 rings (SSSR count). The molecule has 1 heterocycles. The van der Waals surface area contributed by atoms with Gasteiger partial charge in [0.2, 0.25) is 0 Å². The van der Waals surface area contributed by atoms with Crippen LogP contribution in [0, 0.1) is 0 Å². The molecule has 0 spiro atoms. The number of aromatic hydroxyl groups is 1. The number of aliphatic hydroxyl groups excluding tert-OH is 1. The first kappa shape index (κ1) is 8.98. The smallest absolute Gasteiger partial charge is 0.196 e. The van der Waals surface area contributed by atoms with Crippen LogP contribution in [-0.2, 0) is 0 Å². The standard InChI is InChI=1S/C9H10N2O3/c10-3-7(12)5-1-2-6-9(8(5)13)14-4-11-6/h1-2,4,7,12-13H,3,10H2. The van der Waals surface area contributed by atoms with Gasteiger partial charge in [-0.05, 0) is 6.07 Å². The van der Waals surface area contributed by atoms with Crippen molar-refractivity contribution < 1.29 is 14.6 Å². The van der Waals surface area contributed by atoms with Gasteiger partial charge < -0.3 is 20.4 Å². The molecule has 1 aromatic heterocycles. The summed E-state index contributed by atoms with van der Waals surface area (Å²) in [5, 5.41) is 19.2. The number of aromatic nitrogens is 1. The van der Waals surface area contributed by atoms with Crippen molar-refractivity contribution in [2.75, 3.05) is 6.54 Å². The average Bonchev–Trinajstić information content (AvgIpc) is 2.66. The Morgan fingerprint density at radius 3 is 3.00 bits per heavy atom. The number of hydrogen-bond acceptors (Lipinski definition) is 5.